The van der Waals surface area contributed by atoms with Crippen LogP contribution in [0, 0.1) is 6.92 Å². The van der Waals surface area contributed by atoms with Crippen LogP contribution in [0.2, 0.25) is 0 Å². The second kappa shape index (κ2) is 7.95. The third-order valence-electron chi connectivity index (χ3n) is 4.21. The fraction of sp³-hybridized carbons (Fsp3) is 0.500. The number of benzene rings is 1. The maximum absolute atomic E-state index is 12.1. The molecular formula is C18H23N3O3. The maximum atomic E-state index is 12.1. The molecule has 2 aromatic rings. The van der Waals surface area contributed by atoms with Crippen LogP contribution in [-0.2, 0) is 4.79 Å². The van der Waals surface area contributed by atoms with Crippen molar-refractivity contribution in [2.45, 2.75) is 51.5 Å². The topological polar surface area (TPSA) is 77.2 Å². The number of nitrogens with zero attached hydrogens (tertiary/aromatic N) is 2. The highest BCUT2D eigenvalue weighted by Crippen LogP contribution is 2.21. The van der Waals surface area contributed by atoms with E-state index >= 15 is 0 Å². The number of rotatable bonds is 5. The lowest BCUT2D eigenvalue weighted by molar-refractivity contribution is -0.123. The minimum Gasteiger partial charge on any atom is -0.484 e. The summed E-state index contributed by atoms with van der Waals surface area (Å²) in [6, 6.07) is 7.64. The molecule has 1 fully saturated rings. The molecule has 3 rings (SSSR count). The van der Waals surface area contributed by atoms with Crippen molar-refractivity contribution < 1.29 is 14.1 Å². The SMILES string of the molecule is Cc1nc(-c2cccc(OCC(=O)NC3CCCCCC3)c2)no1. The highest BCUT2D eigenvalue weighted by atomic mass is 16.5. The zero-order valence-electron chi connectivity index (χ0n) is 14.0. The van der Waals surface area contributed by atoms with Crippen molar-refractivity contribution in [1.82, 2.24) is 15.5 Å². The van der Waals surface area contributed by atoms with E-state index in [1.165, 1.54) is 25.7 Å². The molecule has 6 heteroatoms. The first-order chi connectivity index (χ1) is 11.7. The number of nitrogens with one attached hydrogen (secondary N) is 1. The summed E-state index contributed by atoms with van der Waals surface area (Å²) in [5.41, 5.74) is 0.800. The van der Waals surface area contributed by atoms with Crippen molar-refractivity contribution in [3.05, 3.63) is 30.2 Å². The van der Waals surface area contributed by atoms with Crippen molar-refractivity contribution in [3.8, 4) is 17.1 Å². The molecule has 0 atom stereocenters. The van der Waals surface area contributed by atoms with Gasteiger partial charge < -0.3 is 14.6 Å². The smallest absolute Gasteiger partial charge is 0.258 e. The van der Waals surface area contributed by atoms with E-state index in [9.17, 15) is 4.79 Å². The minimum atomic E-state index is -0.0669. The standard InChI is InChI=1S/C18H23N3O3/c1-13-19-18(21-24-13)14-7-6-10-16(11-14)23-12-17(22)20-15-8-4-2-3-5-9-15/h6-7,10-11,15H,2-5,8-9,12H2,1H3,(H,20,22). The largest absolute Gasteiger partial charge is 0.484 e. The van der Waals surface area contributed by atoms with Gasteiger partial charge >= 0.3 is 0 Å². The van der Waals surface area contributed by atoms with Crippen LogP contribution in [0.25, 0.3) is 11.4 Å². The summed E-state index contributed by atoms with van der Waals surface area (Å²) in [7, 11) is 0. The quantitative estimate of drug-likeness (QED) is 0.852. The Morgan fingerprint density at radius 1 is 1.29 bits per heavy atom. The first-order valence-corrected chi connectivity index (χ1v) is 8.53. The van der Waals surface area contributed by atoms with Gasteiger partial charge in [0.1, 0.15) is 5.75 Å². The number of amides is 1. The molecule has 0 aliphatic heterocycles. The summed E-state index contributed by atoms with van der Waals surface area (Å²) in [5, 5.41) is 6.96. The second-order valence-electron chi connectivity index (χ2n) is 6.21. The Morgan fingerprint density at radius 2 is 2.08 bits per heavy atom. The van der Waals surface area contributed by atoms with Gasteiger partial charge in [-0.3, -0.25) is 4.79 Å². The van der Waals surface area contributed by atoms with Crippen molar-refractivity contribution >= 4 is 5.91 Å². The van der Waals surface area contributed by atoms with Gasteiger partial charge in [-0.25, -0.2) is 0 Å². The Morgan fingerprint density at radius 3 is 2.79 bits per heavy atom. The molecule has 1 aliphatic carbocycles. The molecule has 1 amide bonds. The van der Waals surface area contributed by atoms with Gasteiger partial charge in [-0.1, -0.05) is 43.0 Å². The number of hydrogen-bond acceptors (Lipinski definition) is 5. The summed E-state index contributed by atoms with van der Waals surface area (Å²) in [5.74, 6) is 1.58. The number of hydrogen-bond donors (Lipinski definition) is 1. The first-order valence-electron chi connectivity index (χ1n) is 8.53. The van der Waals surface area contributed by atoms with E-state index in [-0.39, 0.29) is 18.6 Å². The van der Waals surface area contributed by atoms with Crippen LogP contribution in [0.15, 0.2) is 28.8 Å². The minimum absolute atomic E-state index is 0.0191. The van der Waals surface area contributed by atoms with Crippen LogP contribution >= 0.6 is 0 Å². The predicted octanol–water partition coefficient (Wildman–Crippen LogP) is 3.26. The van der Waals surface area contributed by atoms with E-state index in [4.69, 9.17) is 9.26 Å². The van der Waals surface area contributed by atoms with Gasteiger partial charge in [-0.15, -0.1) is 0 Å². The molecule has 1 heterocycles. The molecule has 1 aliphatic rings. The Kier molecular flexibility index (Phi) is 5.46. The van der Waals surface area contributed by atoms with Crippen LogP contribution in [-0.4, -0.2) is 28.7 Å². The molecule has 0 bridgehead atoms. The van der Waals surface area contributed by atoms with Crippen LogP contribution < -0.4 is 10.1 Å². The van der Waals surface area contributed by atoms with Gasteiger partial charge in [-0.05, 0) is 25.0 Å². The summed E-state index contributed by atoms with van der Waals surface area (Å²) in [4.78, 5) is 16.3. The van der Waals surface area contributed by atoms with Crippen molar-refractivity contribution in [2.75, 3.05) is 6.61 Å². The van der Waals surface area contributed by atoms with Gasteiger partial charge in [0, 0.05) is 18.5 Å². The van der Waals surface area contributed by atoms with Gasteiger partial charge in [0.05, 0.1) is 0 Å². The molecule has 0 spiro atoms. The third kappa shape index (κ3) is 4.57. The molecule has 24 heavy (non-hydrogen) atoms. The Balaban J connectivity index is 1.53. The fourth-order valence-electron chi connectivity index (χ4n) is 2.98. The maximum Gasteiger partial charge on any atom is 0.258 e. The number of carbonyl (C=O) groups is 1. The third-order valence-corrected chi connectivity index (χ3v) is 4.21. The Hall–Kier alpha value is -2.37. The summed E-state index contributed by atoms with van der Waals surface area (Å²) >= 11 is 0. The molecule has 1 N–H and O–H groups in total. The van der Waals surface area contributed by atoms with Gasteiger partial charge in [0.25, 0.3) is 5.91 Å². The number of aryl methyl sites for hydroxylation is 1. The number of ether oxygens (including phenoxy) is 1. The lowest BCUT2D eigenvalue weighted by Crippen LogP contribution is -2.37. The molecular weight excluding hydrogens is 306 g/mol. The first kappa shape index (κ1) is 16.5. The van der Waals surface area contributed by atoms with Crippen molar-refractivity contribution in [3.63, 3.8) is 0 Å². The van der Waals surface area contributed by atoms with E-state index in [2.05, 4.69) is 15.5 Å². The van der Waals surface area contributed by atoms with Crippen LogP contribution in [0.5, 0.6) is 5.75 Å². The summed E-state index contributed by atoms with van der Waals surface area (Å²) in [6.07, 6.45) is 7.06. The Bertz CT molecular complexity index is 676. The van der Waals surface area contributed by atoms with Gasteiger partial charge in [-0.2, -0.15) is 4.98 Å². The summed E-state index contributed by atoms with van der Waals surface area (Å²) < 4.78 is 10.6. The summed E-state index contributed by atoms with van der Waals surface area (Å²) in [6.45, 7) is 1.76. The van der Waals surface area contributed by atoms with Gasteiger partial charge in [0.2, 0.25) is 11.7 Å². The molecule has 0 saturated heterocycles. The zero-order chi connectivity index (χ0) is 16.8. The normalized spacial score (nSPS) is 15.7. The average Bonchev–Trinajstić information content (AvgIpc) is 2.86. The highest BCUT2D eigenvalue weighted by molar-refractivity contribution is 5.77. The lowest BCUT2D eigenvalue weighted by atomic mass is 10.1. The predicted molar refractivity (Wildman–Crippen MR) is 89.6 cm³/mol. The van der Waals surface area contributed by atoms with E-state index in [0.717, 1.165) is 18.4 Å². The molecule has 0 radical (unpaired) electrons. The van der Waals surface area contributed by atoms with Crippen LogP contribution in [0.1, 0.15) is 44.4 Å². The highest BCUT2D eigenvalue weighted by Gasteiger charge is 2.15. The van der Waals surface area contributed by atoms with Crippen molar-refractivity contribution in [1.29, 1.82) is 0 Å². The van der Waals surface area contributed by atoms with Crippen LogP contribution in [0.3, 0.4) is 0 Å². The monoisotopic (exact) mass is 329 g/mol. The van der Waals surface area contributed by atoms with Crippen molar-refractivity contribution in [2.24, 2.45) is 0 Å². The molecule has 6 nitrogen and oxygen atoms in total. The number of aromatic nitrogens is 2. The van der Waals surface area contributed by atoms with E-state index < -0.39 is 0 Å². The molecule has 1 saturated carbocycles. The molecule has 1 aromatic carbocycles. The molecule has 1 aromatic heterocycles. The number of carbonyl (C=O) groups excluding carboxylic acids is 1. The Labute approximate surface area is 141 Å². The molecule has 128 valence electrons. The average molecular weight is 329 g/mol. The van der Waals surface area contributed by atoms with E-state index in [0.29, 0.717) is 17.5 Å². The lowest BCUT2D eigenvalue weighted by Gasteiger charge is -2.16. The molecule has 0 unspecified atom stereocenters. The van der Waals surface area contributed by atoms with E-state index in [1.54, 1.807) is 6.92 Å². The van der Waals surface area contributed by atoms with Gasteiger partial charge in [0.15, 0.2) is 6.61 Å². The van der Waals surface area contributed by atoms with Crippen LogP contribution in [0.4, 0.5) is 0 Å². The zero-order valence-corrected chi connectivity index (χ0v) is 14.0. The fourth-order valence-corrected chi connectivity index (χ4v) is 2.98. The van der Waals surface area contributed by atoms with E-state index in [1.807, 2.05) is 24.3 Å². The second-order valence-corrected chi connectivity index (χ2v) is 6.21.